The molecule has 1 amide bonds. The Labute approximate surface area is 144 Å². The average molecular weight is 339 g/mol. The first-order valence-corrected chi connectivity index (χ1v) is 7.70. The summed E-state index contributed by atoms with van der Waals surface area (Å²) in [5.41, 5.74) is 1.87. The van der Waals surface area contributed by atoms with Crippen LogP contribution in [0.1, 0.15) is 17.3 Å². The SMILES string of the molecule is CCOc1ccc(NC(=O)c2ccc(-c3nnco3)cc2)cc1OC. The number of hydrogen-bond donors (Lipinski definition) is 1. The number of nitrogens with one attached hydrogen (secondary N) is 1. The normalized spacial score (nSPS) is 10.3. The molecule has 0 saturated carbocycles. The van der Waals surface area contributed by atoms with Gasteiger partial charge in [-0.25, -0.2) is 0 Å². The Morgan fingerprint density at radius 1 is 1.16 bits per heavy atom. The zero-order chi connectivity index (χ0) is 17.6. The first-order chi connectivity index (χ1) is 12.2. The first-order valence-electron chi connectivity index (χ1n) is 7.70. The minimum atomic E-state index is -0.233. The van der Waals surface area contributed by atoms with Crippen LogP contribution in [0.5, 0.6) is 11.5 Å². The maximum absolute atomic E-state index is 12.4. The van der Waals surface area contributed by atoms with Gasteiger partial charge in [-0.3, -0.25) is 4.79 Å². The lowest BCUT2D eigenvalue weighted by Gasteiger charge is -2.12. The van der Waals surface area contributed by atoms with Gasteiger partial charge in [-0.05, 0) is 43.3 Å². The Hall–Kier alpha value is -3.35. The number of benzene rings is 2. The molecule has 25 heavy (non-hydrogen) atoms. The molecule has 0 aliphatic carbocycles. The minimum Gasteiger partial charge on any atom is -0.493 e. The molecule has 3 rings (SSSR count). The van der Waals surface area contributed by atoms with E-state index < -0.39 is 0 Å². The maximum atomic E-state index is 12.4. The molecule has 7 heteroatoms. The van der Waals surface area contributed by atoms with Crippen LogP contribution in [0, 0.1) is 0 Å². The second-order valence-electron chi connectivity index (χ2n) is 5.07. The third kappa shape index (κ3) is 3.77. The van der Waals surface area contributed by atoms with Crippen molar-refractivity contribution >= 4 is 11.6 Å². The highest BCUT2D eigenvalue weighted by Gasteiger charge is 2.11. The quantitative estimate of drug-likeness (QED) is 0.741. The van der Waals surface area contributed by atoms with E-state index in [0.717, 1.165) is 5.56 Å². The molecule has 0 bridgehead atoms. The van der Waals surface area contributed by atoms with E-state index in [1.807, 2.05) is 6.92 Å². The molecule has 1 heterocycles. The number of hydrogen-bond acceptors (Lipinski definition) is 6. The van der Waals surface area contributed by atoms with Crippen LogP contribution in [0.25, 0.3) is 11.5 Å². The van der Waals surface area contributed by atoms with E-state index in [-0.39, 0.29) is 5.91 Å². The van der Waals surface area contributed by atoms with Crippen LogP contribution in [0.2, 0.25) is 0 Å². The third-order valence-corrected chi connectivity index (χ3v) is 3.48. The zero-order valence-electron chi connectivity index (χ0n) is 13.9. The lowest BCUT2D eigenvalue weighted by Crippen LogP contribution is -2.12. The highest BCUT2D eigenvalue weighted by molar-refractivity contribution is 6.04. The Kier molecular flexibility index (Phi) is 4.94. The summed E-state index contributed by atoms with van der Waals surface area (Å²) in [4.78, 5) is 12.4. The molecule has 0 unspecified atom stereocenters. The smallest absolute Gasteiger partial charge is 0.255 e. The number of anilines is 1. The summed E-state index contributed by atoms with van der Waals surface area (Å²) in [6.07, 6.45) is 1.26. The van der Waals surface area contributed by atoms with E-state index in [4.69, 9.17) is 13.9 Å². The van der Waals surface area contributed by atoms with E-state index in [2.05, 4.69) is 15.5 Å². The lowest BCUT2D eigenvalue weighted by atomic mass is 10.1. The molecule has 128 valence electrons. The standard InChI is InChI=1S/C18H17N3O4/c1-3-24-15-9-8-14(10-16(15)23-2)20-17(22)12-4-6-13(7-5-12)18-21-19-11-25-18/h4-11H,3H2,1-2H3,(H,20,22). The van der Waals surface area contributed by atoms with E-state index in [9.17, 15) is 4.79 Å². The van der Waals surface area contributed by atoms with E-state index in [0.29, 0.717) is 35.2 Å². The molecule has 3 aromatic rings. The van der Waals surface area contributed by atoms with Crippen LogP contribution in [0.15, 0.2) is 53.3 Å². The number of methoxy groups -OCH3 is 1. The summed E-state index contributed by atoms with van der Waals surface area (Å²) in [6.45, 7) is 2.43. The van der Waals surface area contributed by atoms with E-state index in [1.54, 1.807) is 49.6 Å². The number of rotatable bonds is 6. The minimum absolute atomic E-state index is 0.233. The van der Waals surface area contributed by atoms with Crippen molar-refractivity contribution in [2.75, 3.05) is 19.0 Å². The predicted octanol–water partition coefficient (Wildman–Crippen LogP) is 3.40. The van der Waals surface area contributed by atoms with Crippen LogP contribution < -0.4 is 14.8 Å². The van der Waals surface area contributed by atoms with Gasteiger partial charge in [-0.15, -0.1) is 10.2 Å². The van der Waals surface area contributed by atoms with Crippen molar-refractivity contribution in [3.05, 3.63) is 54.4 Å². The molecule has 0 aliphatic rings. The van der Waals surface area contributed by atoms with Gasteiger partial charge in [0.2, 0.25) is 12.3 Å². The van der Waals surface area contributed by atoms with E-state index in [1.165, 1.54) is 6.39 Å². The topological polar surface area (TPSA) is 86.5 Å². The summed E-state index contributed by atoms with van der Waals surface area (Å²) in [5.74, 6) is 1.37. The second-order valence-corrected chi connectivity index (χ2v) is 5.07. The van der Waals surface area contributed by atoms with Crippen molar-refractivity contribution in [2.45, 2.75) is 6.92 Å². The first kappa shape index (κ1) is 16.5. The van der Waals surface area contributed by atoms with Crippen molar-refractivity contribution in [3.8, 4) is 23.0 Å². The van der Waals surface area contributed by atoms with Crippen molar-refractivity contribution in [3.63, 3.8) is 0 Å². The number of aromatic nitrogens is 2. The maximum Gasteiger partial charge on any atom is 0.255 e. The molecule has 0 spiro atoms. The van der Waals surface area contributed by atoms with Gasteiger partial charge in [0.1, 0.15) is 0 Å². The fourth-order valence-corrected chi connectivity index (χ4v) is 2.29. The summed E-state index contributed by atoms with van der Waals surface area (Å²) >= 11 is 0. The van der Waals surface area contributed by atoms with Gasteiger partial charge in [-0.1, -0.05) is 0 Å². The Balaban J connectivity index is 1.73. The fourth-order valence-electron chi connectivity index (χ4n) is 2.29. The average Bonchev–Trinajstić information content (AvgIpc) is 3.18. The molecule has 7 nitrogen and oxygen atoms in total. The molecular formula is C18H17N3O4. The van der Waals surface area contributed by atoms with Gasteiger partial charge in [-0.2, -0.15) is 0 Å². The molecule has 1 N–H and O–H groups in total. The van der Waals surface area contributed by atoms with E-state index >= 15 is 0 Å². The van der Waals surface area contributed by atoms with Crippen LogP contribution >= 0.6 is 0 Å². The fraction of sp³-hybridized carbons (Fsp3) is 0.167. The molecule has 0 atom stereocenters. The highest BCUT2D eigenvalue weighted by atomic mass is 16.5. The monoisotopic (exact) mass is 339 g/mol. The number of amides is 1. The van der Waals surface area contributed by atoms with Crippen molar-refractivity contribution in [2.24, 2.45) is 0 Å². The summed E-state index contributed by atoms with van der Waals surface area (Å²) in [7, 11) is 1.56. The Bertz CT molecular complexity index is 845. The summed E-state index contributed by atoms with van der Waals surface area (Å²) in [5, 5.41) is 10.3. The summed E-state index contributed by atoms with van der Waals surface area (Å²) in [6, 6.07) is 12.1. The molecule has 0 radical (unpaired) electrons. The van der Waals surface area contributed by atoms with Crippen LogP contribution in [-0.2, 0) is 0 Å². The number of carbonyl (C=O) groups is 1. The van der Waals surface area contributed by atoms with Crippen LogP contribution in [-0.4, -0.2) is 29.8 Å². The van der Waals surface area contributed by atoms with Crippen molar-refractivity contribution in [1.82, 2.24) is 10.2 Å². The zero-order valence-corrected chi connectivity index (χ0v) is 13.9. The van der Waals surface area contributed by atoms with Crippen molar-refractivity contribution in [1.29, 1.82) is 0 Å². The predicted molar refractivity (Wildman–Crippen MR) is 91.9 cm³/mol. The molecular weight excluding hydrogens is 322 g/mol. The van der Waals surface area contributed by atoms with Crippen LogP contribution in [0.4, 0.5) is 5.69 Å². The largest absolute Gasteiger partial charge is 0.493 e. The van der Waals surface area contributed by atoms with Gasteiger partial charge >= 0.3 is 0 Å². The number of nitrogens with zero attached hydrogens (tertiary/aromatic N) is 2. The number of ether oxygens (including phenoxy) is 2. The Morgan fingerprint density at radius 3 is 2.60 bits per heavy atom. The second kappa shape index (κ2) is 7.48. The molecule has 2 aromatic carbocycles. The molecule has 0 aliphatic heterocycles. The highest BCUT2D eigenvalue weighted by Crippen LogP contribution is 2.30. The van der Waals surface area contributed by atoms with Gasteiger partial charge in [0.05, 0.1) is 13.7 Å². The third-order valence-electron chi connectivity index (χ3n) is 3.48. The van der Waals surface area contributed by atoms with Crippen LogP contribution in [0.3, 0.4) is 0 Å². The number of carbonyl (C=O) groups excluding carboxylic acids is 1. The Morgan fingerprint density at radius 2 is 1.96 bits per heavy atom. The molecule has 0 saturated heterocycles. The van der Waals surface area contributed by atoms with Gasteiger partial charge < -0.3 is 19.2 Å². The van der Waals surface area contributed by atoms with Gasteiger partial charge in [0.25, 0.3) is 5.91 Å². The lowest BCUT2D eigenvalue weighted by molar-refractivity contribution is 0.102. The van der Waals surface area contributed by atoms with Gasteiger partial charge in [0, 0.05) is 22.9 Å². The molecule has 1 aromatic heterocycles. The summed E-state index contributed by atoms with van der Waals surface area (Å²) < 4.78 is 15.9. The molecule has 0 fully saturated rings. The van der Waals surface area contributed by atoms with Gasteiger partial charge in [0.15, 0.2) is 11.5 Å². The van der Waals surface area contributed by atoms with Crippen molar-refractivity contribution < 1.29 is 18.7 Å².